The van der Waals surface area contributed by atoms with Gasteiger partial charge in [-0.3, -0.25) is 0 Å². The quantitative estimate of drug-likeness (QED) is 0.750. The summed E-state index contributed by atoms with van der Waals surface area (Å²) in [5, 5.41) is 15.5. The lowest BCUT2D eigenvalue weighted by Gasteiger charge is -2.04. The number of aromatic nitrogens is 1. The maximum absolute atomic E-state index is 9.02. The predicted octanol–water partition coefficient (Wildman–Crippen LogP) is 3.91. The van der Waals surface area contributed by atoms with E-state index in [1.807, 2.05) is 42.5 Å². The highest BCUT2D eigenvalue weighted by molar-refractivity contribution is 7.09. The van der Waals surface area contributed by atoms with Crippen molar-refractivity contribution in [2.24, 2.45) is 0 Å². The summed E-state index contributed by atoms with van der Waals surface area (Å²) in [6.45, 7) is 0.781. The lowest BCUT2D eigenvalue weighted by atomic mass is 10.2. The Morgan fingerprint density at radius 2 is 1.76 bits per heavy atom. The van der Waals surface area contributed by atoms with Crippen molar-refractivity contribution < 1.29 is 5.11 Å². The predicted molar refractivity (Wildman–Crippen MR) is 87.2 cm³/mol. The molecule has 0 amide bonds. The van der Waals surface area contributed by atoms with Crippen LogP contribution in [0, 0.1) is 0 Å². The highest BCUT2D eigenvalue weighted by Crippen LogP contribution is 2.22. The van der Waals surface area contributed by atoms with Gasteiger partial charge in [0, 0.05) is 16.6 Å². The molecule has 0 spiro atoms. The zero-order chi connectivity index (χ0) is 14.5. The van der Waals surface area contributed by atoms with Crippen molar-refractivity contribution in [3.63, 3.8) is 0 Å². The average Bonchev–Trinajstić information content (AvgIpc) is 3.03. The zero-order valence-electron chi connectivity index (χ0n) is 11.5. The molecule has 0 unspecified atom stereocenters. The van der Waals surface area contributed by atoms with Gasteiger partial charge >= 0.3 is 0 Å². The number of aliphatic hydroxyl groups is 1. The molecule has 0 aliphatic carbocycles. The normalized spacial score (nSPS) is 10.5. The molecule has 2 N–H and O–H groups in total. The Labute approximate surface area is 127 Å². The van der Waals surface area contributed by atoms with Gasteiger partial charge in [0.05, 0.1) is 18.8 Å². The smallest absolute Gasteiger partial charge is 0.112 e. The number of rotatable bonds is 5. The fourth-order valence-corrected chi connectivity index (χ4v) is 2.78. The van der Waals surface area contributed by atoms with Crippen LogP contribution in [0.1, 0.15) is 10.6 Å². The number of benzene rings is 2. The summed E-state index contributed by atoms with van der Waals surface area (Å²) in [6, 6.07) is 18.0. The van der Waals surface area contributed by atoms with Gasteiger partial charge in [0.25, 0.3) is 0 Å². The highest BCUT2D eigenvalue weighted by Gasteiger charge is 2.04. The van der Waals surface area contributed by atoms with E-state index in [4.69, 9.17) is 5.11 Å². The van der Waals surface area contributed by atoms with Crippen LogP contribution < -0.4 is 5.32 Å². The van der Waals surface area contributed by atoms with Gasteiger partial charge in [-0.05, 0) is 17.7 Å². The van der Waals surface area contributed by atoms with Crippen LogP contribution in [0.4, 0.5) is 5.69 Å². The minimum absolute atomic E-state index is 0.0766. The Morgan fingerprint density at radius 1 is 1.00 bits per heavy atom. The number of hydrogen-bond donors (Lipinski definition) is 2. The number of thiazole rings is 1. The molecule has 0 bridgehead atoms. The third kappa shape index (κ3) is 3.48. The second-order valence-corrected chi connectivity index (χ2v) is 5.64. The summed E-state index contributed by atoms with van der Waals surface area (Å²) in [5.74, 6) is 0. The summed E-state index contributed by atoms with van der Waals surface area (Å²) in [4.78, 5) is 4.65. The summed E-state index contributed by atoms with van der Waals surface area (Å²) < 4.78 is 0. The van der Waals surface area contributed by atoms with Crippen molar-refractivity contribution in [2.45, 2.75) is 13.2 Å². The molecule has 1 heterocycles. The molecule has 0 atom stereocenters. The van der Waals surface area contributed by atoms with Crippen molar-refractivity contribution in [1.29, 1.82) is 0 Å². The summed E-state index contributed by atoms with van der Waals surface area (Å²) in [5.41, 5.74) is 4.12. The lowest BCUT2D eigenvalue weighted by molar-refractivity contribution is 0.282. The standard InChI is InChI=1S/C17H16N2OS/c20-11-13-6-8-15(9-7-13)18-10-17-19-16(12-21-17)14-4-2-1-3-5-14/h1-9,12,18,20H,10-11H2. The third-order valence-corrected chi connectivity index (χ3v) is 4.05. The molecule has 0 saturated heterocycles. The molecule has 3 rings (SSSR count). The van der Waals surface area contributed by atoms with Crippen molar-refractivity contribution in [3.8, 4) is 11.3 Å². The van der Waals surface area contributed by atoms with Gasteiger partial charge in [-0.15, -0.1) is 11.3 Å². The van der Waals surface area contributed by atoms with Crippen molar-refractivity contribution in [3.05, 3.63) is 70.5 Å². The Balaban J connectivity index is 1.64. The molecule has 0 fully saturated rings. The first-order valence-electron chi connectivity index (χ1n) is 6.78. The highest BCUT2D eigenvalue weighted by atomic mass is 32.1. The van der Waals surface area contributed by atoms with Crippen LogP contribution in [0.2, 0.25) is 0 Å². The van der Waals surface area contributed by atoms with Gasteiger partial charge in [0.1, 0.15) is 5.01 Å². The average molecular weight is 296 g/mol. The first-order valence-corrected chi connectivity index (χ1v) is 7.66. The first kappa shape index (κ1) is 13.8. The van der Waals surface area contributed by atoms with Gasteiger partial charge in [0.2, 0.25) is 0 Å². The fourth-order valence-electron chi connectivity index (χ4n) is 2.04. The monoisotopic (exact) mass is 296 g/mol. The number of hydrogen-bond acceptors (Lipinski definition) is 4. The summed E-state index contributed by atoms with van der Waals surface area (Å²) in [7, 11) is 0. The molecule has 2 aromatic carbocycles. The minimum atomic E-state index is 0.0766. The van der Waals surface area contributed by atoms with E-state index in [1.165, 1.54) is 0 Å². The van der Waals surface area contributed by atoms with Gasteiger partial charge in [-0.1, -0.05) is 42.5 Å². The van der Waals surface area contributed by atoms with E-state index in [0.717, 1.165) is 27.5 Å². The van der Waals surface area contributed by atoms with Crippen LogP contribution in [0.5, 0.6) is 0 Å². The van der Waals surface area contributed by atoms with Gasteiger partial charge in [0.15, 0.2) is 0 Å². The number of aliphatic hydroxyl groups excluding tert-OH is 1. The molecule has 0 saturated carbocycles. The summed E-state index contributed by atoms with van der Waals surface area (Å²) >= 11 is 1.66. The van der Waals surface area contributed by atoms with Crippen LogP contribution in [0.15, 0.2) is 60.0 Å². The van der Waals surface area contributed by atoms with Gasteiger partial charge in [-0.25, -0.2) is 4.98 Å². The topological polar surface area (TPSA) is 45.1 Å². The second kappa shape index (κ2) is 6.52. The van der Waals surface area contributed by atoms with E-state index in [9.17, 15) is 0 Å². The van der Waals surface area contributed by atoms with E-state index < -0.39 is 0 Å². The Kier molecular flexibility index (Phi) is 4.28. The molecular formula is C17H16N2OS. The molecule has 3 nitrogen and oxygen atoms in total. The summed E-state index contributed by atoms with van der Waals surface area (Å²) in [6.07, 6.45) is 0. The lowest BCUT2D eigenvalue weighted by Crippen LogP contribution is -1.99. The molecule has 3 aromatic rings. The number of nitrogens with one attached hydrogen (secondary N) is 1. The van der Waals surface area contributed by atoms with Crippen LogP contribution in [0.25, 0.3) is 11.3 Å². The van der Waals surface area contributed by atoms with Crippen LogP contribution in [-0.4, -0.2) is 10.1 Å². The van der Waals surface area contributed by atoms with E-state index in [2.05, 4.69) is 27.8 Å². The molecule has 4 heteroatoms. The Hall–Kier alpha value is -2.17. The molecule has 21 heavy (non-hydrogen) atoms. The van der Waals surface area contributed by atoms with E-state index in [0.29, 0.717) is 6.54 Å². The maximum atomic E-state index is 9.02. The van der Waals surface area contributed by atoms with Crippen molar-refractivity contribution in [2.75, 3.05) is 5.32 Å². The van der Waals surface area contributed by atoms with Crippen molar-refractivity contribution in [1.82, 2.24) is 4.98 Å². The van der Waals surface area contributed by atoms with Gasteiger partial charge in [-0.2, -0.15) is 0 Å². The second-order valence-electron chi connectivity index (χ2n) is 4.70. The number of anilines is 1. The molecule has 1 aromatic heterocycles. The van der Waals surface area contributed by atoms with E-state index in [1.54, 1.807) is 11.3 Å². The Bertz CT molecular complexity index is 692. The number of nitrogens with zero attached hydrogens (tertiary/aromatic N) is 1. The fraction of sp³-hybridized carbons (Fsp3) is 0.118. The minimum Gasteiger partial charge on any atom is -0.392 e. The SMILES string of the molecule is OCc1ccc(NCc2nc(-c3ccccc3)cs2)cc1. The third-order valence-electron chi connectivity index (χ3n) is 3.20. The van der Waals surface area contributed by atoms with Crippen molar-refractivity contribution >= 4 is 17.0 Å². The van der Waals surface area contributed by atoms with Crippen LogP contribution in [-0.2, 0) is 13.2 Å². The molecular weight excluding hydrogens is 280 g/mol. The molecule has 106 valence electrons. The van der Waals surface area contributed by atoms with Gasteiger partial charge < -0.3 is 10.4 Å². The van der Waals surface area contributed by atoms with E-state index >= 15 is 0 Å². The molecule has 0 aliphatic heterocycles. The largest absolute Gasteiger partial charge is 0.392 e. The Morgan fingerprint density at radius 3 is 2.48 bits per heavy atom. The van der Waals surface area contributed by atoms with Crippen LogP contribution in [0.3, 0.4) is 0 Å². The maximum Gasteiger partial charge on any atom is 0.112 e. The first-order chi connectivity index (χ1) is 10.3. The zero-order valence-corrected chi connectivity index (χ0v) is 12.3. The van der Waals surface area contributed by atoms with E-state index in [-0.39, 0.29) is 6.61 Å². The molecule has 0 aliphatic rings. The molecule has 0 radical (unpaired) electrons. The van der Waals surface area contributed by atoms with Crippen LogP contribution >= 0.6 is 11.3 Å².